The quantitative estimate of drug-likeness (QED) is 0.860. The number of aryl methyl sites for hydroxylation is 1. The number of anilines is 1. The Morgan fingerprint density at radius 3 is 2.91 bits per heavy atom. The Hall–Kier alpha value is -1.90. The van der Waals surface area contributed by atoms with E-state index in [1.54, 1.807) is 19.2 Å². The molecule has 1 aromatic rings. The molecule has 1 aromatic heterocycles. The zero-order valence-electron chi connectivity index (χ0n) is 12.7. The third-order valence-electron chi connectivity index (χ3n) is 3.45. The molecule has 1 saturated heterocycles. The van der Waals surface area contributed by atoms with Gasteiger partial charge in [-0.1, -0.05) is 0 Å². The van der Waals surface area contributed by atoms with Crippen molar-refractivity contribution in [2.75, 3.05) is 18.5 Å². The average Bonchev–Trinajstić information content (AvgIpc) is 2.47. The lowest BCUT2D eigenvalue weighted by molar-refractivity contribution is -0.144. The fraction of sp³-hybridized carbons (Fsp3) is 0.643. The molecule has 128 valence electrons. The van der Waals surface area contributed by atoms with Gasteiger partial charge in [-0.2, -0.15) is 13.2 Å². The molecule has 1 amide bonds. The van der Waals surface area contributed by atoms with E-state index in [4.69, 9.17) is 4.74 Å². The van der Waals surface area contributed by atoms with E-state index in [0.29, 0.717) is 31.3 Å². The summed E-state index contributed by atoms with van der Waals surface area (Å²) >= 11 is 0. The second kappa shape index (κ2) is 7.58. The van der Waals surface area contributed by atoms with Crippen LogP contribution in [-0.4, -0.2) is 47.3 Å². The predicted molar refractivity (Wildman–Crippen MR) is 76.8 cm³/mol. The number of carbonyl (C=O) groups excluding carboxylic acids is 1. The molecular weight excluding hydrogens is 313 g/mol. The van der Waals surface area contributed by atoms with Gasteiger partial charge < -0.3 is 15.4 Å². The molecule has 2 atom stereocenters. The first-order chi connectivity index (χ1) is 10.8. The van der Waals surface area contributed by atoms with Crippen LogP contribution in [0.3, 0.4) is 0 Å². The van der Waals surface area contributed by atoms with Crippen LogP contribution in [0.15, 0.2) is 12.3 Å². The number of amides is 1. The lowest BCUT2D eigenvalue weighted by atomic mass is 10.0. The van der Waals surface area contributed by atoms with E-state index in [2.05, 4.69) is 20.6 Å². The first-order valence-electron chi connectivity index (χ1n) is 7.33. The number of nitrogens with zero attached hydrogens (tertiary/aromatic N) is 2. The Morgan fingerprint density at radius 1 is 1.43 bits per heavy atom. The molecule has 2 rings (SSSR count). The highest BCUT2D eigenvalue weighted by Crippen LogP contribution is 2.21. The van der Waals surface area contributed by atoms with E-state index in [1.807, 2.05) is 0 Å². The van der Waals surface area contributed by atoms with Gasteiger partial charge in [-0.05, 0) is 19.4 Å². The molecule has 0 radical (unpaired) electrons. The van der Waals surface area contributed by atoms with Crippen LogP contribution >= 0.6 is 0 Å². The Morgan fingerprint density at radius 2 is 2.22 bits per heavy atom. The molecule has 1 aliphatic rings. The Balaban J connectivity index is 1.91. The first-order valence-corrected chi connectivity index (χ1v) is 7.33. The minimum absolute atomic E-state index is 0.257. The summed E-state index contributed by atoms with van der Waals surface area (Å²) in [5.74, 6) is 0.569. The van der Waals surface area contributed by atoms with Gasteiger partial charge in [-0.3, -0.25) is 4.79 Å². The number of halogens is 3. The van der Waals surface area contributed by atoms with Gasteiger partial charge >= 0.3 is 6.18 Å². The number of alkyl halides is 3. The van der Waals surface area contributed by atoms with E-state index in [0.717, 1.165) is 0 Å². The minimum atomic E-state index is -4.33. The van der Waals surface area contributed by atoms with Crippen LogP contribution in [0.1, 0.15) is 25.1 Å². The third kappa shape index (κ3) is 6.01. The summed E-state index contributed by atoms with van der Waals surface area (Å²) in [5, 5.41) is 5.79. The van der Waals surface area contributed by atoms with Crippen LogP contribution < -0.4 is 10.6 Å². The van der Waals surface area contributed by atoms with Crippen molar-refractivity contribution in [3.63, 3.8) is 0 Å². The van der Waals surface area contributed by atoms with Crippen molar-refractivity contribution in [2.24, 2.45) is 0 Å². The zero-order chi connectivity index (χ0) is 16.9. The summed E-state index contributed by atoms with van der Waals surface area (Å²) in [6.45, 7) is 2.54. The lowest BCUT2D eigenvalue weighted by Gasteiger charge is -2.33. The van der Waals surface area contributed by atoms with Gasteiger partial charge in [0.1, 0.15) is 11.6 Å². The monoisotopic (exact) mass is 332 g/mol. The molecule has 1 aliphatic heterocycles. The molecule has 0 spiro atoms. The molecule has 23 heavy (non-hydrogen) atoms. The van der Waals surface area contributed by atoms with Crippen molar-refractivity contribution in [3.8, 4) is 0 Å². The maximum atomic E-state index is 12.2. The number of rotatable bonds is 5. The molecule has 0 aromatic carbocycles. The Labute approximate surface area is 131 Å². The van der Waals surface area contributed by atoms with Crippen molar-refractivity contribution in [1.29, 1.82) is 0 Å². The van der Waals surface area contributed by atoms with Crippen molar-refractivity contribution in [3.05, 3.63) is 18.1 Å². The highest BCUT2D eigenvalue weighted by Gasteiger charge is 2.31. The Kier molecular flexibility index (Phi) is 5.75. The summed E-state index contributed by atoms with van der Waals surface area (Å²) in [6.07, 6.45) is -3.89. The van der Waals surface area contributed by atoms with Crippen molar-refractivity contribution in [2.45, 2.75) is 44.4 Å². The summed E-state index contributed by atoms with van der Waals surface area (Å²) in [6, 6.07) is 1.12. The summed E-state index contributed by atoms with van der Waals surface area (Å²) in [4.78, 5) is 19.9. The van der Waals surface area contributed by atoms with Gasteiger partial charge in [-0.15, -0.1) is 0 Å². The second-order valence-electron chi connectivity index (χ2n) is 5.39. The molecule has 0 bridgehead atoms. The number of ether oxygens (including phenoxy) is 1. The van der Waals surface area contributed by atoms with E-state index in [9.17, 15) is 18.0 Å². The first kappa shape index (κ1) is 17.5. The van der Waals surface area contributed by atoms with E-state index >= 15 is 0 Å². The van der Waals surface area contributed by atoms with E-state index in [1.165, 1.54) is 0 Å². The van der Waals surface area contributed by atoms with Gasteiger partial charge in [0.05, 0.1) is 25.1 Å². The van der Waals surface area contributed by atoms with Gasteiger partial charge in [-0.25, -0.2) is 9.97 Å². The number of carbonyl (C=O) groups is 1. The molecule has 0 aliphatic carbocycles. The highest BCUT2D eigenvalue weighted by atomic mass is 19.4. The molecular formula is C14H19F3N4O2. The summed E-state index contributed by atoms with van der Waals surface area (Å²) in [7, 11) is 0. The summed E-state index contributed by atoms with van der Waals surface area (Å²) < 4.78 is 41.9. The van der Waals surface area contributed by atoms with Gasteiger partial charge in [0.2, 0.25) is 5.91 Å². The Bertz CT molecular complexity index is 539. The second-order valence-corrected chi connectivity index (χ2v) is 5.39. The SMILES string of the molecule is Cc1nccc(N[C@@H]2COCC[C@@H]2NC(=O)CCC(F)(F)F)n1. The van der Waals surface area contributed by atoms with Gasteiger partial charge in [0, 0.05) is 19.2 Å². The van der Waals surface area contributed by atoms with Crippen LogP contribution in [-0.2, 0) is 9.53 Å². The van der Waals surface area contributed by atoms with Gasteiger partial charge in [0.25, 0.3) is 0 Å². The number of hydrogen-bond donors (Lipinski definition) is 2. The fourth-order valence-electron chi connectivity index (χ4n) is 2.31. The molecule has 0 saturated carbocycles. The van der Waals surface area contributed by atoms with Crippen LogP contribution in [0.5, 0.6) is 0 Å². The molecule has 1 fully saturated rings. The lowest BCUT2D eigenvalue weighted by Crippen LogP contribution is -2.52. The van der Waals surface area contributed by atoms with Crippen LogP contribution in [0.25, 0.3) is 0 Å². The number of nitrogens with one attached hydrogen (secondary N) is 2. The van der Waals surface area contributed by atoms with Crippen LogP contribution in [0.4, 0.5) is 19.0 Å². The van der Waals surface area contributed by atoms with Gasteiger partial charge in [0.15, 0.2) is 0 Å². The summed E-state index contributed by atoms with van der Waals surface area (Å²) in [5.41, 5.74) is 0. The largest absolute Gasteiger partial charge is 0.389 e. The molecule has 9 heteroatoms. The molecule has 0 unspecified atom stereocenters. The maximum Gasteiger partial charge on any atom is 0.389 e. The van der Waals surface area contributed by atoms with Crippen LogP contribution in [0, 0.1) is 6.92 Å². The predicted octanol–water partition coefficient (Wildman–Crippen LogP) is 1.81. The maximum absolute atomic E-state index is 12.2. The molecule has 2 N–H and O–H groups in total. The number of hydrogen-bond acceptors (Lipinski definition) is 5. The standard InChI is InChI=1S/C14H19F3N4O2/c1-9-18-6-3-12(19-9)20-11-8-23-7-4-10(11)21-13(22)2-5-14(15,16)17/h3,6,10-11H,2,4-5,7-8H2,1H3,(H,21,22)(H,18,19,20)/t10-,11+/m0/s1. The minimum Gasteiger partial charge on any atom is -0.379 e. The fourth-order valence-corrected chi connectivity index (χ4v) is 2.31. The smallest absolute Gasteiger partial charge is 0.379 e. The topological polar surface area (TPSA) is 76.1 Å². The normalized spacial score (nSPS) is 21.7. The van der Waals surface area contributed by atoms with E-state index in [-0.39, 0.29) is 12.1 Å². The van der Waals surface area contributed by atoms with Crippen LogP contribution in [0.2, 0.25) is 0 Å². The third-order valence-corrected chi connectivity index (χ3v) is 3.45. The molecule has 2 heterocycles. The highest BCUT2D eigenvalue weighted by molar-refractivity contribution is 5.76. The van der Waals surface area contributed by atoms with Crippen molar-refractivity contribution in [1.82, 2.24) is 15.3 Å². The average molecular weight is 332 g/mol. The van der Waals surface area contributed by atoms with Crippen molar-refractivity contribution < 1.29 is 22.7 Å². The zero-order valence-corrected chi connectivity index (χ0v) is 12.7. The molecule has 6 nitrogen and oxygen atoms in total. The van der Waals surface area contributed by atoms with Crippen molar-refractivity contribution >= 4 is 11.7 Å². The van der Waals surface area contributed by atoms with E-state index < -0.39 is 24.9 Å². The number of aromatic nitrogens is 2.